The second kappa shape index (κ2) is 8.72. The summed E-state index contributed by atoms with van der Waals surface area (Å²) in [4.78, 5) is 11.0. The molecule has 0 saturated heterocycles. The molecule has 0 aliphatic heterocycles. The van der Waals surface area contributed by atoms with Crippen molar-refractivity contribution in [3.05, 3.63) is 0 Å². The van der Waals surface area contributed by atoms with Gasteiger partial charge in [-0.3, -0.25) is 0 Å². The number of carbonyl (C=O) groups excluding carboxylic acids is 1. The maximum Gasteiger partial charge on any atom is 0.122 e. The maximum absolute atomic E-state index is 11.6. The third-order valence-electron chi connectivity index (χ3n) is 11.1. The standard InChI is InChI=1S/C27H46O4/c1-16(15-28)6-5-7-17(2)20-8-9-21-25-22(14-24(31)27(20,21)4)26(3)11-10-19(29)12-18(26)13-23(25)30/h15-25,29-31H,5-14H2,1-4H3. The Hall–Kier alpha value is -0.450. The highest BCUT2D eigenvalue weighted by atomic mass is 16.3. The molecular formula is C27H46O4. The van der Waals surface area contributed by atoms with Gasteiger partial charge >= 0.3 is 0 Å². The number of carbonyl (C=O) groups is 1. The maximum atomic E-state index is 11.6. The fraction of sp³-hybridized carbons (Fsp3) is 0.963. The zero-order valence-electron chi connectivity index (χ0n) is 20.2. The molecule has 12 unspecified atom stereocenters. The summed E-state index contributed by atoms with van der Waals surface area (Å²) in [5.74, 6) is 2.59. The van der Waals surface area contributed by atoms with Crippen LogP contribution in [0.5, 0.6) is 0 Å². The number of aldehydes is 1. The van der Waals surface area contributed by atoms with Crippen molar-refractivity contribution in [3.8, 4) is 0 Å². The summed E-state index contributed by atoms with van der Waals surface area (Å²) in [5, 5.41) is 33.2. The molecule has 0 amide bonds. The molecular weight excluding hydrogens is 388 g/mol. The average Bonchev–Trinajstić information content (AvgIpc) is 3.08. The lowest BCUT2D eigenvalue weighted by atomic mass is 9.43. The van der Waals surface area contributed by atoms with E-state index in [9.17, 15) is 20.1 Å². The molecule has 0 aromatic rings. The van der Waals surface area contributed by atoms with Crippen LogP contribution in [0.2, 0.25) is 0 Å². The minimum Gasteiger partial charge on any atom is -0.393 e. The van der Waals surface area contributed by atoms with Crippen LogP contribution in [0.4, 0.5) is 0 Å². The Bertz CT molecular complexity index is 651. The SMILES string of the molecule is CC(C=O)CCCC(C)C1CCC2C3C(O)CC4CC(O)CCC4(C)C3CC(O)C12C. The van der Waals surface area contributed by atoms with Gasteiger partial charge in [-0.05, 0) is 97.7 Å². The van der Waals surface area contributed by atoms with Crippen molar-refractivity contribution in [2.24, 2.45) is 52.3 Å². The lowest BCUT2D eigenvalue weighted by molar-refractivity contribution is -0.207. The van der Waals surface area contributed by atoms with E-state index in [0.29, 0.717) is 29.6 Å². The molecule has 4 rings (SSSR count). The minimum atomic E-state index is -0.308. The Morgan fingerprint density at radius 1 is 0.968 bits per heavy atom. The third-order valence-corrected chi connectivity index (χ3v) is 11.1. The Balaban J connectivity index is 1.53. The lowest BCUT2D eigenvalue weighted by Gasteiger charge is -2.63. The Morgan fingerprint density at radius 3 is 2.42 bits per heavy atom. The van der Waals surface area contributed by atoms with Crippen LogP contribution in [0, 0.1) is 52.3 Å². The van der Waals surface area contributed by atoms with Crippen molar-refractivity contribution in [1.29, 1.82) is 0 Å². The zero-order valence-corrected chi connectivity index (χ0v) is 20.2. The molecule has 0 radical (unpaired) electrons. The van der Waals surface area contributed by atoms with Gasteiger partial charge in [-0.15, -0.1) is 0 Å². The minimum absolute atomic E-state index is 0.116. The Morgan fingerprint density at radius 2 is 1.71 bits per heavy atom. The summed E-state index contributed by atoms with van der Waals surface area (Å²) in [5.41, 5.74) is 0.0231. The molecule has 0 spiro atoms. The van der Waals surface area contributed by atoms with Gasteiger partial charge in [0.25, 0.3) is 0 Å². The smallest absolute Gasteiger partial charge is 0.122 e. The van der Waals surface area contributed by atoms with E-state index in [2.05, 4.69) is 20.8 Å². The molecule has 4 saturated carbocycles. The predicted octanol–water partition coefficient (Wildman–Crippen LogP) is 4.59. The van der Waals surface area contributed by atoms with Gasteiger partial charge in [0, 0.05) is 5.92 Å². The molecule has 12 atom stereocenters. The second-order valence-electron chi connectivity index (χ2n) is 12.5. The van der Waals surface area contributed by atoms with Crippen molar-refractivity contribution in [2.45, 2.75) is 110 Å². The summed E-state index contributed by atoms with van der Waals surface area (Å²) >= 11 is 0. The monoisotopic (exact) mass is 434 g/mol. The van der Waals surface area contributed by atoms with Gasteiger partial charge in [0.1, 0.15) is 6.29 Å². The van der Waals surface area contributed by atoms with Crippen LogP contribution >= 0.6 is 0 Å². The van der Waals surface area contributed by atoms with Crippen LogP contribution < -0.4 is 0 Å². The zero-order chi connectivity index (χ0) is 22.6. The van der Waals surface area contributed by atoms with E-state index in [1.165, 1.54) is 0 Å². The van der Waals surface area contributed by atoms with Crippen molar-refractivity contribution >= 4 is 6.29 Å². The van der Waals surface area contributed by atoms with E-state index in [0.717, 1.165) is 70.5 Å². The fourth-order valence-corrected chi connectivity index (χ4v) is 9.16. The average molecular weight is 435 g/mol. The fourth-order valence-electron chi connectivity index (χ4n) is 9.16. The van der Waals surface area contributed by atoms with Crippen LogP contribution in [0.25, 0.3) is 0 Å². The molecule has 0 aromatic carbocycles. The molecule has 4 aliphatic carbocycles. The highest BCUT2D eigenvalue weighted by molar-refractivity contribution is 5.52. The van der Waals surface area contributed by atoms with Crippen LogP contribution in [0.3, 0.4) is 0 Å². The van der Waals surface area contributed by atoms with Gasteiger partial charge in [0.05, 0.1) is 18.3 Å². The van der Waals surface area contributed by atoms with Crippen molar-refractivity contribution in [2.75, 3.05) is 0 Å². The third kappa shape index (κ3) is 3.83. The Kier molecular flexibility index (Phi) is 6.67. The van der Waals surface area contributed by atoms with Gasteiger partial charge < -0.3 is 20.1 Å². The molecule has 4 heteroatoms. The van der Waals surface area contributed by atoms with Crippen molar-refractivity contribution in [3.63, 3.8) is 0 Å². The molecule has 3 N–H and O–H groups in total. The lowest BCUT2D eigenvalue weighted by Crippen LogP contribution is -2.62. The number of hydrogen-bond donors (Lipinski definition) is 3. The highest BCUT2D eigenvalue weighted by Gasteiger charge is 2.65. The van der Waals surface area contributed by atoms with E-state index >= 15 is 0 Å². The number of aliphatic hydroxyl groups excluding tert-OH is 3. The topological polar surface area (TPSA) is 77.8 Å². The molecule has 178 valence electrons. The molecule has 4 fully saturated rings. The van der Waals surface area contributed by atoms with E-state index in [1.807, 2.05) is 6.92 Å². The molecule has 0 aromatic heterocycles. The molecule has 4 nitrogen and oxygen atoms in total. The van der Waals surface area contributed by atoms with Gasteiger partial charge in [0.2, 0.25) is 0 Å². The molecule has 0 bridgehead atoms. The number of aliphatic hydroxyl groups is 3. The summed E-state index contributed by atoms with van der Waals surface area (Å²) < 4.78 is 0. The summed E-state index contributed by atoms with van der Waals surface area (Å²) in [7, 11) is 0. The normalized spacial score (nSPS) is 51.3. The molecule has 31 heavy (non-hydrogen) atoms. The van der Waals surface area contributed by atoms with E-state index in [-0.39, 0.29) is 41.0 Å². The van der Waals surface area contributed by atoms with Gasteiger partial charge in [-0.25, -0.2) is 0 Å². The number of rotatable bonds is 6. The first kappa shape index (κ1) is 23.7. The first-order valence-corrected chi connectivity index (χ1v) is 13.1. The predicted molar refractivity (Wildman–Crippen MR) is 122 cm³/mol. The summed E-state index contributed by atoms with van der Waals surface area (Å²) in [6.07, 6.45) is 9.98. The second-order valence-corrected chi connectivity index (χ2v) is 12.5. The largest absolute Gasteiger partial charge is 0.393 e. The van der Waals surface area contributed by atoms with Crippen molar-refractivity contribution < 1.29 is 20.1 Å². The van der Waals surface area contributed by atoms with Crippen LogP contribution in [-0.2, 0) is 4.79 Å². The van der Waals surface area contributed by atoms with E-state index in [1.54, 1.807) is 0 Å². The summed E-state index contributed by atoms with van der Waals surface area (Å²) in [6.45, 7) is 9.07. The van der Waals surface area contributed by atoms with Crippen LogP contribution in [0.15, 0.2) is 0 Å². The highest BCUT2D eigenvalue weighted by Crippen LogP contribution is 2.68. The first-order chi connectivity index (χ1) is 14.6. The first-order valence-electron chi connectivity index (χ1n) is 13.1. The van der Waals surface area contributed by atoms with Gasteiger partial charge in [-0.2, -0.15) is 0 Å². The summed E-state index contributed by atoms with van der Waals surface area (Å²) in [6, 6.07) is 0. The molecule has 0 heterocycles. The van der Waals surface area contributed by atoms with Gasteiger partial charge in [-0.1, -0.05) is 40.5 Å². The quantitative estimate of drug-likeness (QED) is 0.534. The number of fused-ring (bicyclic) bond motifs is 5. The molecule has 4 aliphatic rings. The van der Waals surface area contributed by atoms with Gasteiger partial charge in [0.15, 0.2) is 0 Å². The van der Waals surface area contributed by atoms with Crippen molar-refractivity contribution in [1.82, 2.24) is 0 Å². The number of hydrogen-bond acceptors (Lipinski definition) is 4. The Labute approximate surface area is 189 Å². The van der Waals surface area contributed by atoms with E-state index in [4.69, 9.17) is 0 Å². The van der Waals surface area contributed by atoms with E-state index < -0.39 is 0 Å². The van der Waals surface area contributed by atoms with Crippen LogP contribution in [0.1, 0.15) is 91.9 Å². The van der Waals surface area contributed by atoms with Crippen LogP contribution in [-0.4, -0.2) is 39.9 Å².